The average molecular weight is 281 g/mol. The fourth-order valence-corrected chi connectivity index (χ4v) is 3.18. The second-order valence-corrected chi connectivity index (χ2v) is 5.98. The second-order valence-electron chi connectivity index (χ2n) is 5.98. The molecule has 1 amide bonds. The molecule has 1 aliphatic heterocycles. The number of amides is 1. The van der Waals surface area contributed by atoms with E-state index in [1.165, 1.54) is 0 Å². The number of hydrogen-bond donors (Lipinski definition) is 1. The standard InChI is InChI=1S/C17H19N3O/c21-17(19-12-7-8-12)16-6-3-11-20(16)15-9-10-18-14-5-2-1-4-13(14)15/h1-2,4-5,9-10,12,16H,3,6-8,11H2,(H,19,21). The molecule has 2 aromatic rings. The molecule has 0 radical (unpaired) electrons. The highest BCUT2D eigenvalue weighted by Gasteiger charge is 2.34. The number of aromatic nitrogens is 1. The molecule has 2 heterocycles. The number of carbonyl (C=O) groups is 1. The Labute approximate surface area is 124 Å². The van der Waals surface area contributed by atoms with Crippen molar-refractivity contribution in [1.82, 2.24) is 10.3 Å². The van der Waals surface area contributed by atoms with Crippen LogP contribution in [0.25, 0.3) is 10.9 Å². The maximum absolute atomic E-state index is 12.4. The van der Waals surface area contributed by atoms with E-state index in [1.807, 2.05) is 30.5 Å². The zero-order valence-corrected chi connectivity index (χ0v) is 12.0. The molecule has 2 fully saturated rings. The lowest BCUT2D eigenvalue weighted by Gasteiger charge is -2.27. The number of para-hydroxylation sites is 1. The number of rotatable bonds is 3. The van der Waals surface area contributed by atoms with E-state index >= 15 is 0 Å². The fraction of sp³-hybridized carbons (Fsp3) is 0.412. The van der Waals surface area contributed by atoms with Gasteiger partial charge in [-0.15, -0.1) is 0 Å². The van der Waals surface area contributed by atoms with Gasteiger partial charge < -0.3 is 10.2 Å². The van der Waals surface area contributed by atoms with Gasteiger partial charge in [0.05, 0.1) is 5.52 Å². The summed E-state index contributed by atoms with van der Waals surface area (Å²) in [6.07, 6.45) is 6.12. The van der Waals surface area contributed by atoms with Crippen LogP contribution in [0.1, 0.15) is 25.7 Å². The maximum atomic E-state index is 12.4. The van der Waals surface area contributed by atoms with Crippen molar-refractivity contribution in [1.29, 1.82) is 0 Å². The van der Waals surface area contributed by atoms with Crippen molar-refractivity contribution in [2.45, 2.75) is 37.8 Å². The molecule has 1 N–H and O–H groups in total. The van der Waals surface area contributed by atoms with Crippen molar-refractivity contribution in [2.24, 2.45) is 0 Å². The third-order valence-electron chi connectivity index (χ3n) is 4.41. The van der Waals surface area contributed by atoms with Crippen LogP contribution < -0.4 is 10.2 Å². The molecular formula is C17H19N3O. The topological polar surface area (TPSA) is 45.2 Å². The quantitative estimate of drug-likeness (QED) is 0.940. The zero-order chi connectivity index (χ0) is 14.2. The molecule has 4 heteroatoms. The largest absolute Gasteiger partial charge is 0.359 e. The molecule has 2 aliphatic rings. The van der Waals surface area contributed by atoms with Crippen molar-refractivity contribution in [3.8, 4) is 0 Å². The van der Waals surface area contributed by atoms with Gasteiger partial charge in [0.1, 0.15) is 6.04 Å². The van der Waals surface area contributed by atoms with Gasteiger partial charge in [0, 0.05) is 29.9 Å². The highest BCUT2D eigenvalue weighted by Crippen LogP contribution is 2.31. The number of fused-ring (bicyclic) bond motifs is 1. The number of nitrogens with zero attached hydrogens (tertiary/aromatic N) is 2. The molecule has 1 saturated heterocycles. The van der Waals surface area contributed by atoms with Crippen molar-refractivity contribution in [2.75, 3.05) is 11.4 Å². The smallest absolute Gasteiger partial charge is 0.242 e. The molecule has 1 atom stereocenters. The molecule has 1 aliphatic carbocycles. The predicted molar refractivity (Wildman–Crippen MR) is 83.3 cm³/mol. The van der Waals surface area contributed by atoms with E-state index in [9.17, 15) is 4.79 Å². The van der Waals surface area contributed by atoms with Crippen molar-refractivity contribution >= 4 is 22.5 Å². The molecule has 108 valence electrons. The molecule has 4 rings (SSSR count). The molecule has 1 aromatic heterocycles. The third-order valence-corrected chi connectivity index (χ3v) is 4.41. The first kappa shape index (κ1) is 12.6. The predicted octanol–water partition coefficient (Wildman–Crippen LogP) is 2.48. The summed E-state index contributed by atoms with van der Waals surface area (Å²) in [5, 5.41) is 4.28. The fourth-order valence-electron chi connectivity index (χ4n) is 3.18. The van der Waals surface area contributed by atoms with Crippen LogP contribution in [0.15, 0.2) is 36.5 Å². The lowest BCUT2D eigenvalue weighted by Crippen LogP contribution is -2.44. The Kier molecular flexibility index (Phi) is 3.02. The molecule has 0 bridgehead atoms. The van der Waals surface area contributed by atoms with Crippen LogP contribution in [0.4, 0.5) is 5.69 Å². The lowest BCUT2D eigenvalue weighted by atomic mass is 10.1. The van der Waals surface area contributed by atoms with E-state index in [4.69, 9.17) is 0 Å². The molecule has 1 unspecified atom stereocenters. The van der Waals surface area contributed by atoms with Gasteiger partial charge in [-0.2, -0.15) is 0 Å². The first-order valence-corrected chi connectivity index (χ1v) is 7.74. The lowest BCUT2D eigenvalue weighted by molar-refractivity contribution is -0.122. The van der Waals surface area contributed by atoms with Crippen LogP contribution >= 0.6 is 0 Å². The highest BCUT2D eigenvalue weighted by atomic mass is 16.2. The molecule has 1 aromatic carbocycles. The van der Waals surface area contributed by atoms with Crippen LogP contribution in [-0.2, 0) is 4.79 Å². The first-order chi connectivity index (χ1) is 10.3. The summed E-state index contributed by atoms with van der Waals surface area (Å²) in [6, 6.07) is 10.6. The minimum absolute atomic E-state index is 0.0311. The minimum atomic E-state index is -0.0311. The zero-order valence-electron chi connectivity index (χ0n) is 12.0. The van der Waals surface area contributed by atoms with Gasteiger partial charge in [0.2, 0.25) is 5.91 Å². The number of nitrogens with one attached hydrogen (secondary N) is 1. The normalized spacial score (nSPS) is 21.7. The first-order valence-electron chi connectivity index (χ1n) is 7.74. The number of anilines is 1. The summed E-state index contributed by atoms with van der Waals surface area (Å²) in [4.78, 5) is 19.1. The van der Waals surface area contributed by atoms with E-state index in [-0.39, 0.29) is 11.9 Å². The summed E-state index contributed by atoms with van der Waals surface area (Å²) in [7, 11) is 0. The Morgan fingerprint density at radius 3 is 2.90 bits per heavy atom. The number of pyridine rings is 1. The molecule has 0 spiro atoms. The number of carbonyl (C=O) groups excluding carboxylic acids is 1. The monoisotopic (exact) mass is 281 g/mol. The molecule has 21 heavy (non-hydrogen) atoms. The summed E-state index contributed by atoms with van der Waals surface area (Å²) in [5.74, 6) is 0.191. The van der Waals surface area contributed by atoms with Crippen molar-refractivity contribution in [3.05, 3.63) is 36.5 Å². The van der Waals surface area contributed by atoms with Gasteiger partial charge in [-0.3, -0.25) is 9.78 Å². The van der Waals surface area contributed by atoms with Crippen LogP contribution in [0.3, 0.4) is 0 Å². The number of hydrogen-bond acceptors (Lipinski definition) is 3. The van der Waals surface area contributed by atoms with Crippen molar-refractivity contribution < 1.29 is 4.79 Å². The number of benzene rings is 1. The van der Waals surface area contributed by atoms with E-state index in [0.717, 1.165) is 48.8 Å². The second kappa shape index (κ2) is 5.02. The Balaban J connectivity index is 1.68. The van der Waals surface area contributed by atoms with Gasteiger partial charge in [-0.05, 0) is 37.8 Å². The van der Waals surface area contributed by atoms with Gasteiger partial charge in [-0.1, -0.05) is 18.2 Å². The Morgan fingerprint density at radius 1 is 1.19 bits per heavy atom. The molecular weight excluding hydrogens is 262 g/mol. The van der Waals surface area contributed by atoms with Gasteiger partial charge in [0.25, 0.3) is 0 Å². The summed E-state index contributed by atoms with van der Waals surface area (Å²) < 4.78 is 0. The average Bonchev–Trinajstić information content (AvgIpc) is 3.19. The van der Waals surface area contributed by atoms with Crippen LogP contribution in [-0.4, -0.2) is 29.5 Å². The SMILES string of the molecule is O=C(NC1CC1)C1CCCN1c1ccnc2ccccc12. The summed E-state index contributed by atoms with van der Waals surface area (Å²) >= 11 is 0. The highest BCUT2D eigenvalue weighted by molar-refractivity contribution is 5.95. The maximum Gasteiger partial charge on any atom is 0.242 e. The Hall–Kier alpha value is -2.10. The van der Waals surface area contributed by atoms with E-state index in [1.54, 1.807) is 0 Å². The Morgan fingerprint density at radius 2 is 2.05 bits per heavy atom. The third kappa shape index (κ3) is 2.35. The molecule has 4 nitrogen and oxygen atoms in total. The summed E-state index contributed by atoms with van der Waals surface area (Å²) in [5.41, 5.74) is 2.12. The van der Waals surface area contributed by atoms with E-state index in [0.29, 0.717) is 6.04 Å². The van der Waals surface area contributed by atoms with Gasteiger partial charge in [-0.25, -0.2) is 0 Å². The summed E-state index contributed by atoms with van der Waals surface area (Å²) in [6.45, 7) is 0.941. The molecule has 1 saturated carbocycles. The van der Waals surface area contributed by atoms with Crippen molar-refractivity contribution in [3.63, 3.8) is 0 Å². The van der Waals surface area contributed by atoms with Crippen LogP contribution in [0, 0.1) is 0 Å². The van der Waals surface area contributed by atoms with Gasteiger partial charge in [0.15, 0.2) is 0 Å². The van der Waals surface area contributed by atoms with Crippen LogP contribution in [0.5, 0.6) is 0 Å². The van der Waals surface area contributed by atoms with E-state index in [2.05, 4.69) is 21.3 Å². The minimum Gasteiger partial charge on any atom is -0.359 e. The van der Waals surface area contributed by atoms with Crippen LogP contribution in [0.2, 0.25) is 0 Å². The Bertz CT molecular complexity index is 675. The van der Waals surface area contributed by atoms with Gasteiger partial charge >= 0.3 is 0 Å². The van der Waals surface area contributed by atoms with E-state index < -0.39 is 0 Å².